The highest BCUT2D eigenvalue weighted by molar-refractivity contribution is 6.21. The van der Waals surface area contributed by atoms with E-state index in [1.807, 2.05) is 20.8 Å². The van der Waals surface area contributed by atoms with Crippen LogP contribution in [0.15, 0.2) is 0 Å². The first-order valence-electron chi connectivity index (χ1n) is 6.85. The van der Waals surface area contributed by atoms with E-state index in [0.717, 1.165) is 12.8 Å². The number of amides is 1. The monoisotopic (exact) mass is 261 g/mol. The molecule has 0 heterocycles. The largest absolute Gasteiger partial charge is 0.350 e. The number of rotatable bonds is 9. The van der Waals surface area contributed by atoms with E-state index in [1.165, 1.54) is 25.7 Å². The lowest BCUT2D eigenvalue weighted by Gasteiger charge is -2.29. The summed E-state index contributed by atoms with van der Waals surface area (Å²) < 4.78 is 0. The van der Waals surface area contributed by atoms with Gasteiger partial charge in [-0.2, -0.15) is 0 Å². The van der Waals surface area contributed by atoms with Crippen molar-refractivity contribution < 1.29 is 4.79 Å². The fourth-order valence-corrected chi connectivity index (χ4v) is 1.64. The summed E-state index contributed by atoms with van der Waals surface area (Å²) in [5.74, 6) is 0.123. The lowest BCUT2D eigenvalue weighted by atomic mass is 10.0. The number of alkyl halides is 1. The van der Waals surface area contributed by atoms with Crippen molar-refractivity contribution in [1.82, 2.24) is 5.32 Å². The molecule has 1 amide bonds. The van der Waals surface area contributed by atoms with E-state index in [4.69, 9.17) is 11.6 Å². The Morgan fingerprint density at radius 3 is 2.24 bits per heavy atom. The Kier molecular flexibility index (Phi) is 8.67. The van der Waals surface area contributed by atoms with Gasteiger partial charge < -0.3 is 5.32 Å². The number of hydrogen-bond acceptors (Lipinski definition) is 1. The van der Waals surface area contributed by atoms with Gasteiger partial charge in [-0.05, 0) is 27.2 Å². The van der Waals surface area contributed by atoms with Gasteiger partial charge in [-0.15, -0.1) is 11.6 Å². The van der Waals surface area contributed by atoms with Crippen LogP contribution in [0.5, 0.6) is 0 Å². The molecule has 1 atom stereocenters. The number of carbonyl (C=O) groups is 1. The minimum absolute atomic E-state index is 0.0593. The molecular formula is C14H28ClNO. The molecule has 0 aromatic rings. The second-order valence-electron chi connectivity index (χ2n) is 5.40. The zero-order valence-corrected chi connectivity index (χ0v) is 12.6. The van der Waals surface area contributed by atoms with Crippen LogP contribution in [-0.2, 0) is 4.79 Å². The van der Waals surface area contributed by atoms with E-state index >= 15 is 0 Å². The summed E-state index contributed by atoms with van der Waals surface area (Å²) in [7, 11) is 0. The third kappa shape index (κ3) is 8.48. The van der Waals surface area contributed by atoms with Crippen LogP contribution in [0.25, 0.3) is 0 Å². The Morgan fingerprint density at radius 2 is 1.71 bits per heavy atom. The first kappa shape index (κ1) is 16.8. The van der Waals surface area contributed by atoms with Crippen molar-refractivity contribution >= 4 is 17.5 Å². The molecule has 0 saturated heterocycles. The predicted molar refractivity (Wildman–Crippen MR) is 75.5 cm³/mol. The SMILES string of the molecule is CCCCCCCCC(=O)NC(C)(C)C(C)Cl. The molecule has 2 nitrogen and oxygen atoms in total. The van der Waals surface area contributed by atoms with Crippen LogP contribution in [0.1, 0.15) is 72.6 Å². The standard InChI is InChI=1S/C14H28ClNO/c1-5-6-7-8-9-10-11-13(17)16-14(3,4)12(2)15/h12H,5-11H2,1-4H3,(H,16,17). The summed E-state index contributed by atoms with van der Waals surface area (Å²) in [6.07, 6.45) is 7.88. The van der Waals surface area contributed by atoms with E-state index in [-0.39, 0.29) is 16.8 Å². The molecule has 0 aliphatic rings. The summed E-state index contributed by atoms with van der Waals surface area (Å²) in [6.45, 7) is 8.04. The Labute approximate surface area is 111 Å². The fourth-order valence-electron chi connectivity index (χ4n) is 1.59. The number of hydrogen-bond donors (Lipinski definition) is 1. The van der Waals surface area contributed by atoms with E-state index < -0.39 is 0 Å². The minimum Gasteiger partial charge on any atom is -0.350 e. The number of halogens is 1. The topological polar surface area (TPSA) is 29.1 Å². The Hall–Kier alpha value is -0.240. The summed E-state index contributed by atoms with van der Waals surface area (Å²) in [5, 5.41) is 2.93. The van der Waals surface area contributed by atoms with Crippen LogP contribution in [0.4, 0.5) is 0 Å². The quantitative estimate of drug-likeness (QED) is 0.488. The van der Waals surface area contributed by atoms with Crippen LogP contribution in [0.3, 0.4) is 0 Å². The first-order valence-corrected chi connectivity index (χ1v) is 7.29. The van der Waals surface area contributed by atoms with Crippen LogP contribution < -0.4 is 5.32 Å². The van der Waals surface area contributed by atoms with E-state index in [2.05, 4.69) is 12.2 Å². The highest BCUT2D eigenvalue weighted by Gasteiger charge is 2.25. The summed E-state index contributed by atoms with van der Waals surface area (Å²) in [4.78, 5) is 11.7. The molecule has 0 aromatic heterocycles. The van der Waals surface area contributed by atoms with Gasteiger partial charge in [0.1, 0.15) is 0 Å². The summed E-state index contributed by atoms with van der Waals surface area (Å²) in [5.41, 5.74) is -0.319. The second-order valence-corrected chi connectivity index (χ2v) is 6.06. The number of carbonyl (C=O) groups excluding carboxylic acids is 1. The lowest BCUT2D eigenvalue weighted by molar-refractivity contribution is -0.122. The zero-order valence-electron chi connectivity index (χ0n) is 11.8. The molecule has 0 bridgehead atoms. The molecule has 0 aliphatic heterocycles. The van der Waals surface area contributed by atoms with Gasteiger partial charge in [0.15, 0.2) is 0 Å². The summed E-state index contributed by atoms with van der Waals surface area (Å²) >= 11 is 6.02. The second kappa shape index (κ2) is 8.79. The molecule has 0 radical (unpaired) electrons. The van der Waals surface area contributed by atoms with Crippen LogP contribution in [0.2, 0.25) is 0 Å². The zero-order chi connectivity index (χ0) is 13.3. The molecule has 0 rings (SSSR count). The van der Waals surface area contributed by atoms with Gasteiger partial charge in [0.25, 0.3) is 0 Å². The molecule has 1 N–H and O–H groups in total. The third-order valence-electron chi connectivity index (χ3n) is 3.21. The number of nitrogens with one attached hydrogen (secondary N) is 1. The fraction of sp³-hybridized carbons (Fsp3) is 0.929. The maximum atomic E-state index is 11.7. The maximum absolute atomic E-state index is 11.7. The summed E-state index contributed by atoms with van der Waals surface area (Å²) in [6, 6.07) is 0. The lowest BCUT2D eigenvalue weighted by Crippen LogP contribution is -2.48. The molecule has 0 fully saturated rings. The smallest absolute Gasteiger partial charge is 0.220 e. The van der Waals surface area contributed by atoms with Crippen LogP contribution >= 0.6 is 11.6 Å². The van der Waals surface area contributed by atoms with Crippen molar-refractivity contribution in [1.29, 1.82) is 0 Å². The van der Waals surface area contributed by atoms with Crippen LogP contribution in [0, 0.1) is 0 Å². The normalized spacial score (nSPS) is 13.5. The van der Waals surface area contributed by atoms with Crippen LogP contribution in [-0.4, -0.2) is 16.8 Å². The van der Waals surface area contributed by atoms with E-state index in [0.29, 0.717) is 6.42 Å². The molecule has 3 heteroatoms. The average molecular weight is 262 g/mol. The molecule has 0 aromatic carbocycles. The molecule has 0 spiro atoms. The van der Waals surface area contributed by atoms with E-state index in [9.17, 15) is 4.79 Å². The molecule has 102 valence electrons. The minimum atomic E-state index is -0.319. The van der Waals surface area contributed by atoms with Gasteiger partial charge in [-0.25, -0.2) is 0 Å². The average Bonchev–Trinajstić information content (AvgIpc) is 2.22. The Morgan fingerprint density at radius 1 is 1.18 bits per heavy atom. The maximum Gasteiger partial charge on any atom is 0.220 e. The van der Waals surface area contributed by atoms with Gasteiger partial charge in [0.2, 0.25) is 5.91 Å². The van der Waals surface area contributed by atoms with Gasteiger partial charge in [0, 0.05) is 6.42 Å². The molecule has 17 heavy (non-hydrogen) atoms. The van der Waals surface area contributed by atoms with Crippen molar-refractivity contribution in [2.75, 3.05) is 0 Å². The Balaban J connectivity index is 3.60. The molecule has 0 saturated carbocycles. The Bertz CT molecular complexity index is 214. The highest BCUT2D eigenvalue weighted by Crippen LogP contribution is 2.15. The van der Waals surface area contributed by atoms with Gasteiger partial charge in [-0.1, -0.05) is 39.0 Å². The van der Waals surface area contributed by atoms with Crippen molar-refractivity contribution in [3.63, 3.8) is 0 Å². The molecule has 1 unspecified atom stereocenters. The van der Waals surface area contributed by atoms with Crippen molar-refractivity contribution in [3.8, 4) is 0 Å². The number of unbranched alkanes of at least 4 members (excludes halogenated alkanes) is 5. The van der Waals surface area contributed by atoms with E-state index in [1.54, 1.807) is 0 Å². The van der Waals surface area contributed by atoms with Crippen molar-refractivity contribution in [2.24, 2.45) is 0 Å². The van der Waals surface area contributed by atoms with Gasteiger partial charge >= 0.3 is 0 Å². The van der Waals surface area contributed by atoms with Crippen molar-refractivity contribution in [3.05, 3.63) is 0 Å². The van der Waals surface area contributed by atoms with Gasteiger partial charge in [-0.3, -0.25) is 4.79 Å². The highest BCUT2D eigenvalue weighted by atomic mass is 35.5. The third-order valence-corrected chi connectivity index (χ3v) is 3.76. The predicted octanol–water partition coefficient (Wildman–Crippen LogP) is 4.26. The molecule has 0 aliphatic carbocycles. The van der Waals surface area contributed by atoms with Gasteiger partial charge in [0.05, 0.1) is 10.9 Å². The first-order chi connectivity index (χ1) is 7.90. The molecular weight excluding hydrogens is 234 g/mol. The van der Waals surface area contributed by atoms with Crippen molar-refractivity contribution in [2.45, 2.75) is 83.6 Å².